The lowest BCUT2D eigenvalue weighted by atomic mass is 10.0. The minimum absolute atomic E-state index is 0.0907. The van der Waals surface area contributed by atoms with Crippen LogP contribution in [0.5, 0.6) is 0 Å². The van der Waals surface area contributed by atoms with E-state index in [1.165, 1.54) is 18.2 Å². The second kappa shape index (κ2) is 7.52. The lowest BCUT2D eigenvalue weighted by Crippen LogP contribution is -2.39. The summed E-state index contributed by atoms with van der Waals surface area (Å²) in [6, 6.07) is 6.44. The van der Waals surface area contributed by atoms with E-state index in [0.29, 0.717) is 36.2 Å². The molecule has 5 rings (SSSR count). The average molecular weight is 461 g/mol. The van der Waals surface area contributed by atoms with Gasteiger partial charge in [0.15, 0.2) is 0 Å². The molecule has 0 radical (unpaired) electrons. The highest BCUT2D eigenvalue weighted by molar-refractivity contribution is 7.88. The zero-order chi connectivity index (χ0) is 22.6. The largest absolute Gasteiger partial charge is 0.320 e. The van der Waals surface area contributed by atoms with E-state index < -0.39 is 21.7 Å². The average Bonchev–Trinajstić information content (AvgIpc) is 3.37. The van der Waals surface area contributed by atoms with Gasteiger partial charge in [-0.15, -0.1) is 0 Å². The summed E-state index contributed by atoms with van der Waals surface area (Å²) in [5.74, 6) is -1.35. The van der Waals surface area contributed by atoms with Crippen LogP contribution >= 0.6 is 0 Å². The van der Waals surface area contributed by atoms with Crippen molar-refractivity contribution < 1.29 is 22.0 Å². The van der Waals surface area contributed by atoms with Gasteiger partial charge in [-0.05, 0) is 24.6 Å². The summed E-state index contributed by atoms with van der Waals surface area (Å²) >= 11 is 0. The van der Waals surface area contributed by atoms with Gasteiger partial charge in [-0.1, -0.05) is 12.1 Å². The molecule has 2 aromatic heterocycles. The zero-order valence-corrected chi connectivity index (χ0v) is 18.0. The Morgan fingerprint density at radius 1 is 1.16 bits per heavy atom. The van der Waals surface area contributed by atoms with E-state index >= 15 is 0 Å². The Hall–Kier alpha value is -3.05. The van der Waals surface area contributed by atoms with E-state index in [4.69, 9.17) is 0 Å². The number of carbonyl (C=O) groups excluding carboxylic acids is 1. The van der Waals surface area contributed by atoms with Crippen molar-refractivity contribution in [2.75, 3.05) is 19.3 Å². The van der Waals surface area contributed by atoms with Gasteiger partial charge in [0, 0.05) is 36.5 Å². The standard InChI is InChI=1S/C21H21F2N5O3S/c1-32(30,31)25-14-8-15-12-26(21(29)27(15)11-14)10-13-9-24-28-7-3-4-16(20(13)28)19-17(22)5-2-6-18(19)23/h2-7,9,14-15,25H,8,10-12H2,1H3/t14-,15-/m0/s1. The lowest BCUT2D eigenvalue weighted by Gasteiger charge is -2.19. The van der Waals surface area contributed by atoms with Crippen LogP contribution in [0.1, 0.15) is 12.0 Å². The van der Waals surface area contributed by atoms with Crippen molar-refractivity contribution in [3.05, 3.63) is 59.9 Å². The van der Waals surface area contributed by atoms with Crippen LogP contribution in [0.15, 0.2) is 42.7 Å². The maximum atomic E-state index is 14.5. The number of amides is 2. The third-order valence-corrected chi connectivity index (χ3v) is 6.71. The molecular formula is C21H21F2N5O3S. The second-order valence-corrected chi connectivity index (χ2v) is 10.1. The Labute approximate surface area is 183 Å². The van der Waals surface area contributed by atoms with Crippen molar-refractivity contribution in [3.8, 4) is 11.1 Å². The fourth-order valence-corrected chi connectivity index (χ4v) is 5.52. The summed E-state index contributed by atoms with van der Waals surface area (Å²) in [4.78, 5) is 16.3. The minimum atomic E-state index is -3.35. The number of halogens is 2. The molecule has 2 saturated heterocycles. The third-order valence-electron chi connectivity index (χ3n) is 5.95. The van der Waals surface area contributed by atoms with Gasteiger partial charge >= 0.3 is 6.03 Å². The number of nitrogens with one attached hydrogen (secondary N) is 1. The molecule has 2 atom stereocenters. The molecule has 3 aromatic rings. The topological polar surface area (TPSA) is 87.0 Å². The maximum Gasteiger partial charge on any atom is 0.320 e. The number of fused-ring (bicyclic) bond motifs is 2. The lowest BCUT2D eigenvalue weighted by molar-refractivity contribution is 0.191. The number of benzene rings is 1. The van der Waals surface area contributed by atoms with E-state index in [1.807, 2.05) is 0 Å². The van der Waals surface area contributed by atoms with Crippen molar-refractivity contribution in [2.45, 2.75) is 25.0 Å². The van der Waals surface area contributed by atoms with Crippen LogP contribution in [0.3, 0.4) is 0 Å². The van der Waals surface area contributed by atoms with E-state index in [1.54, 1.807) is 38.8 Å². The van der Waals surface area contributed by atoms with Crippen LogP contribution in [-0.4, -0.2) is 65.3 Å². The molecule has 8 nitrogen and oxygen atoms in total. The van der Waals surface area contributed by atoms with Gasteiger partial charge in [-0.2, -0.15) is 5.10 Å². The van der Waals surface area contributed by atoms with Gasteiger partial charge in [0.25, 0.3) is 0 Å². The number of rotatable bonds is 5. The van der Waals surface area contributed by atoms with Crippen LogP contribution in [0.25, 0.3) is 16.6 Å². The molecule has 4 heterocycles. The highest BCUT2D eigenvalue weighted by Gasteiger charge is 2.44. The predicted octanol–water partition coefficient (Wildman–Crippen LogP) is 2.21. The number of aromatic nitrogens is 2. The number of nitrogens with zero attached hydrogens (tertiary/aromatic N) is 4. The van der Waals surface area contributed by atoms with Crippen molar-refractivity contribution in [3.63, 3.8) is 0 Å². The number of pyridine rings is 1. The van der Waals surface area contributed by atoms with Crippen molar-refractivity contribution in [1.29, 1.82) is 0 Å². The second-order valence-electron chi connectivity index (χ2n) is 8.27. The van der Waals surface area contributed by atoms with Gasteiger partial charge in [-0.25, -0.2) is 31.2 Å². The molecular weight excluding hydrogens is 440 g/mol. The number of hydrogen-bond donors (Lipinski definition) is 1. The van der Waals surface area contributed by atoms with E-state index in [-0.39, 0.29) is 30.2 Å². The molecule has 1 N–H and O–H groups in total. The molecule has 2 amide bonds. The fourth-order valence-electron chi connectivity index (χ4n) is 4.74. The maximum absolute atomic E-state index is 14.5. The summed E-state index contributed by atoms with van der Waals surface area (Å²) < 4.78 is 56.1. The fraction of sp³-hybridized carbons (Fsp3) is 0.333. The van der Waals surface area contributed by atoms with Crippen LogP contribution in [0.4, 0.5) is 13.6 Å². The number of urea groups is 1. The van der Waals surface area contributed by atoms with Crippen molar-refractivity contribution >= 4 is 21.6 Å². The highest BCUT2D eigenvalue weighted by Crippen LogP contribution is 2.33. The smallest absolute Gasteiger partial charge is 0.318 e. The minimum Gasteiger partial charge on any atom is -0.318 e. The monoisotopic (exact) mass is 461 g/mol. The van der Waals surface area contributed by atoms with E-state index in [0.717, 1.165) is 6.26 Å². The summed E-state index contributed by atoms with van der Waals surface area (Å²) in [5.41, 5.74) is 1.43. The van der Waals surface area contributed by atoms with Gasteiger partial charge in [-0.3, -0.25) is 0 Å². The highest BCUT2D eigenvalue weighted by atomic mass is 32.2. The summed E-state index contributed by atoms with van der Waals surface area (Å²) in [5, 5.41) is 4.30. The predicted molar refractivity (Wildman–Crippen MR) is 113 cm³/mol. The Morgan fingerprint density at radius 3 is 2.59 bits per heavy atom. The van der Waals surface area contributed by atoms with Gasteiger partial charge in [0.05, 0.1) is 36.1 Å². The Morgan fingerprint density at radius 2 is 1.91 bits per heavy atom. The molecule has 11 heteroatoms. The molecule has 0 unspecified atom stereocenters. The van der Waals surface area contributed by atoms with Gasteiger partial charge < -0.3 is 9.80 Å². The number of sulfonamides is 1. The molecule has 0 aliphatic carbocycles. The van der Waals surface area contributed by atoms with E-state index in [9.17, 15) is 22.0 Å². The molecule has 0 saturated carbocycles. The van der Waals surface area contributed by atoms with Gasteiger partial charge in [0.2, 0.25) is 10.0 Å². The molecule has 0 bridgehead atoms. The Bertz CT molecular complexity index is 1310. The first-order chi connectivity index (χ1) is 15.2. The first-order valence-corrected chi connectivity index (χ1v) is 12.0. The molecule has 0 spiro atoms. The van der Waals surface area contributed by atoms with Crippen LogP contribution in [-0.2, 0) is 16.6 Å². The number of hydrogen-bond acceptors (Lipinski definition) is 4. The molecule has 168 valence electrons. The summed E-state index contributed by atoms with van der Waals surface area (Å²) in [6.45, 7) is 0.981. The quantitative estimate of drug-likeness (QED) is 0.631. The van der Waals surface area contributed by atoms with Gasteiger partial charge in [0.1, 0.15) is 11.6 Å². The van der Waals surface area contributed by atoms with Crippen molar-refractivity contribution in [2.24, 2.45) is 0 Å². The summed E-state index contributed by atoms with van der Waals surface area (Å²) in [6.07, 6.45) is 4.93. The molecule has 1 aromatic carbocycles. The van der Waals surface area contributed by atoms with E-state index in [2.05, 4.69) is 9.82 Å². The third kappa shape index (κ3) is 3.61. The first-order valence-electron chi connectivity index (χ1n) is 10.1. The number of carbonyl (C=O) groups is 1. The Balaban J connectivity index is 1.43. The SMILES string of the molecule is CS(=O)(=O)N[C@H]1C[C@H]2CN(Cc3cnn4cccc(-c5c(F)cccc5F)c34)C(=O)N2C1. The van der Waals surface area contributed by atoms with Crippen molar-refractivity contribution in [1.82, 2.24) is 24.1 Å². The van der Waals surface area contributed by atoms with Crippen LogP contribution in [0, 0.1) is 11.6 Å². The zero-order valence-electron chi connectivity index (χ0n) is 17.2. The molecule has 2 aliphatic heterocycles. The Kier molecular flexibility index (Phi) is 4.90. The van der Waals surface area contributed by atoms with Crippen LogP contribution in [0.2, 0.25) is 0 Å². The molecule has 2 fully saturated rings. The normalized spacial score (nSPS) is 21.0. The molecule has 2 aliphatic rings. The first kappa shape index (κ1) is 20.8. The van der Waals surface area contributed by atoms with Crippen LogP contribution < -0.4 is 4.72 Å². The summed E-state index contributed by atoms with van der Waals surface area (Å²) in [7, 11) is -3.35. The molecule has 32 heavy (non-hydrogen) atoms.